The van der Waals surface area contributed by atoms with Crippen molar-refractivity contribution in [2.45, 2.75) is 32.7 Å². The van der Waals surface area contributed by atoms with E-state index in [1.165, 1.54) is 13.0 Å². The Morgan fingerprint density at radius 2 is 1.77 bits per heavy atom. The van der Waals surface area contributed by atoms with Crippen LogP contribution in [0, 0.1) is 13.8 Å². The minimum absolute atomic E-state index is 0.289. The Morgan fingerprint density at radius 1 is 1.18 bits per heavy atom. The van der Waals surface area contributed by atoms with Crippen molar-refractivity contribution in [1.82, 2.24) is 4.90 Å². The predicted octanol–water partition coefficient (Wildman–Crippen LogP) is 3.03. The van der Waals surface area contributed by atoms with E-state index in [9.17, 15) is 21.6 Å². The first-order valence-corrected chi connectivity index (χ1v) is 8.18. The van der Waals surface area contributed by atoms with Gasteiger partial charge in [0, 0.05) is 6.54 Å². The van der Waals surface area contributed by atoms with E-state index in [4.69, 9.17) is 0 Å². The van der Waals surface area contributed by atoms with Gasteiger partial charge in [-0.2, -0.15) is 21.6 Å². The molecule has 22 heavy (non-hydrogen) atoms. The summed E-state index contributed by atoms with van der Waals surface area (Å²) >= 11 is 0. The quantitative estimate of drug-likeness (QED) is 0.590. The maximum atomic E-state index is 12.4. The number of rotatable bonds is 6. The van der Waals surface area contributed by atoms with Crippen LogP contribution in [0.25, 0.3) is 0 Å². The fourth-order valence-electron chi connectivity index (χ4n) is 1.84. The first-order valence-electron chi connectivity index (χ1n) is 6.77. The van der Waals surface area contributed by atoms with E-state index < -0.39 is 15.6 Å². The lowest BCUT2D eigenvalue weighted by Crippen LogP contribution is -2.28. The molecular formula is C14H20F3NO3S. The number of alkyl halides is 3. The Balaban J connectivity index is 3.00. The van der Waals surface area contributed by atoms with E-state index in [0.717, 1.165) is 25.1 Å². The van der Waals surface area contributed by atoms with Crippen molar-refractivity contribution in [3.8, 4) is 5.75 Å². The minimum atomic E-state index is -5.64. The molecule has 0 aliphatic heterocycles. The summed E-state index contributed by atoms with van der Waals surface area (Å²) < 4.78 is 63.4. The Kier molecular flexibility index (Phi) is 5.86. The van der Waals surface area contributed by atoms with Gasteiger partial charge in [0.15, 0.2) is 0 Å². The SMILES string of the molecule is CCN(C)CCc1cc(C)c(OS(=O)(=O)C(F)(F)F)cc1C. The monoisotopic (exact) mass is 339 g/mol. The number of aryl methyl sites for hydroxylation is 2. The van der Waals surface area contributed by atoms with Gasteiger partial charge in [0.1, 0.15) is 5.75 Å². The normalized spacial score (nSPS) is 12.7. The summed E-state index contributed by atoms with van der Waals surface area (Å²) in [6, 6.07) is 3.00. The lowest BCUT2D eigenvalue weighted by molar-refractivity contribution is -0.0500. The largest absolute Gasteiger partial charge is 0.534 e. The van der Waals surface area contributed by atoms with Crippen LogP contribution < -0.4 is 4.18 Å². The maximum absolute atomic E-state index is 12.4. The Bertz CT molecular complexity index is 627. The zero-order valence-electron chi connectivity index (χ0n) is 13.0. The lowest BCUT2D eigenvalue weighted by atomic mass is 10.0. The highest BCUT2D eigenvalue weighted by Gasteiger charge is 2.48. The van der Waals surface area contributed by atoms with E-state index in [1.54, 1.807) is 13.0 Å². The van der Waals surface area contributed by atoms with Crippen LogP contribution in [0.4, 0.5) is 13.2 Å². The van der Waals surface area contributed by atoms with Gasteiger partial charge in [0.2, 0.25) is 0 Å². The average Bonchev–Trinajstić information content (AvgIpc) is 2.39. The highest BCUT2D eigenvalue weighted by molar-refractivity contribution is 7.88. The van der Waals surface area contributed by atoms with Gasteiger partial charge in [0.05, 0.1) is 0 Å². The fraction of sp³-hybridized carbons (Fsp3) is 0.571. The molecular weight excluding hydrogens is 319 g/mol. The molecule has 0 fully saturated rings. The molecule has 0 bridgehead atoms. The minimum Gasteiger partial charge on any atom is -0.376 e. The maximum Gasteiger partial charge on any atom is 0.534 e. The van der Waals surface area contributed by atoms with Crippen molar-refractivity contribution in [1.29, 1.82) is 0 Å². The molecule has 0 spiro atoms. The third-order valence-electron chi connectivity index (χ3n) is 3.42. The van der Waals surface area contributed by atoms with Gasteiger partial charge < -0.3 is 9.08 Å². The summed E-state index contributed by atoms with van der Waals surface area (Å²) in [6.45, 7) is 6.96. The van der Waals surface area contributed by atoms with Gasteiger partial charge in [-0.1, -0.05) is 13.0 Å². The summed E-state index contributed by atoms with van der Waals surface area (Å²) in [5, 5.41) is 0. The van der Waals surface area contributed by atoms with Gasteiger partial charge in [-0.3, -0.25) is 0 Å². The number of likely N-dealkylation sites (N-methyl/N-ethyl adjacent to an activating group) is 1. The molecule has 4 nitrogen and oxygen atoms in total. The number of halogens is 3. The zero-order valence-corrected chi connectivity index (χ0v) is 13.8. The van der Waals surface area contributed by atoms with Gasteiger partial charge in [-0.25, -0.2) is 0 Å². The molecule has 0 aliphatic carbocycles. The molecule has 0 heterocycles. The lowest BCUT2D eigenvalue weighted by Gasteiger charge is -2.17. The third kappa shape index (κ3) is 4.61. The zero-order chi connectivity index (χ0) is 17.1. The Labute approximate surface area is 129 Å². The molecule has 0 amide bonds. The summed E-state index contributed by atoms with van der Waals surface area (Å²) in [4.78, 5) is 2.10. The van der Waals surface area contributed by atoms with E-state index in [1.807, 2.05) is 14.0 Å². The number of hydrogen-bond donors (Lipinski definition) is 0. The van der Waals surface area contributed by atoms with Gasteiger partial charge in [0.25, 0.3) is 0 Å². The Hall–Kier alpha value is -1.28. The van der Waals surface area contributed by atoms with Crippen LogP contribution >= 0.6 is 0 Å². The fourth-order valence-corrected chi connectivity index (χ4v) is 2.35. The summed E-state index contributed by atoms with van der Waals surface area (Å²) in [5.74, 6) is -0.289. The molecule has 0 saturated heterocycles. The second-order valence-electron chi connectivity index (χ2n) is 5.17. The highest BCUT2D eigenvalue weighted by atomic mass is 32.2. The van der Waals surface area contributed by atoms with E-state index in [2.05, 4.69) is 9.08 Å². The van der Waals surface area contributed by atoms with Crippen molar-refractivity contribution >= 4 is 10.1 Å². The third-order valence-corrected chi connectivity index (χ3v) is 4.39. The molecule has 0 saturated carbocycles. The van der Waals surface area contributed by atoms with Crippen LogP contribution in [0.5, 0.6) is 5.75 Å². The van der Waals surface area contributed by atoms with Crippen LogP contribution in [0.3, 0.4) is 0 Å². The molecule has 0 atom stereocenters. The molecule has 0 radical (unpaired) electrons. The first-order chi connectivity index (χ1) is 9.98. The topological polar surface area (TPSA) is 46.6 Å². The number of benzene rings is 1. The van der Waals surface area contributed by atoms with Crippen molar-refractivity contribution in [2.24, 2.45) is 0 Å². The van der Waals surface area contributed by atoms with Crippen LogP contribution in [0.1, 0.15) is 23.6 Å². The highest BCUT2D eigenvalue weighted by Crippen LogP contribution is 2.30. The molecule has 1 aromatic rings. The first kappa shape index (κ1) is 18.8. The van der Waals surface area contributed by atoms with E-state index >= 15 is 0 Å². The molecule has 0 unspecified atom stereocenters. The van der Waals surface area contributed by atoms with Gasteiger partial charge in [-0.15, -0.1) is 0 Å². The summed E-state index contributed by atoms with van der Waals surface area (Å²) in [7, 11) is -3.67. The second-order valence-corrected chi connectivity index (χ2v) is 6.71. The summed E-state index contributed by atoms with van der Waals surface area (Å²) in [5.41, 5.74) is -3.43. The molecule has 0 N–H and O–H groups in total. The average molecular weight is 339 g/mol. The second kappa shape index (κ2) is 6.87. The van der Waals surface area contributed by atoms with Gasteiger partial charge >= 0.3 is 15.6 Å². The van der Waals surface area contributed by atoms with E-state index in [-0.39, 0.29) is 5.75 Å². The van der Waals surface area contributed by atoms with Crippen molar-refractivity contribution in [3.05, 3.63) is 28.8 Å². The Morgan fingerprint density at radius 3 is 2.27 bits per heavy atom. The van der Waals surface area contributed by atoms with Crippen molar-refractivity contribution in [2.75, 3.05) is 20.1 Å². The van der Waals surface area contributed by atoms with Crippen LogP contribution in [-0.2, 0) is 16.5 Å². The predicted molar refractivity (Wildman–Crippen MR) is 78.4 cm³/mol. The van der Waals surface area contributed by atoms with Crippen LogP contribution in [-0.4, -0.2) is 39.0 Å². The smallest absolute Gasteiger partial charge is 0.376 e. The van der Waals surface area contributed by atoms with Crippen LogP contribution in [0.15, 0.2) is 12.1 Å². The van der Waals surface area contributed by atoms with Crippen LogP contribution in [0.2, 0.25) is 0 Å². The summed E-state index contributed by atoms with van der Waals surface area (Å²) in [6.07, 6.45) is 0.726. The molecule has 126 valence electrons. The van der Waals surface area contributed by atoms with Crippen molar-refractivity contribution < 1.29 is 25.8 Å². The molecule has 1 aromatic carbocycles. The molecule has 1 rings (SSSR count). The van der Waals surface area contributed by atoms with E-state index in [0.29, 0.717) is 11.1 Å². The standard InChI is InChI=1S/C14H20F3NO3S/c1-5-18(4)7-6-12-8-11(3)13(9-10(12)2)21-22(19,20)14(15,16)17/h8-9H,5-7H2,1-4H3. The number of hydrogen-bond acceptors (Lipinski definition) is 4. The molecule has 0 aliphatic rings. The van der Waals surface area contributed by atoms with Gasteiger partial charge in [-0.05, 0) is 56.6 Å². The molecule has 8 heteroatoms. The number of nitrogens with zero attached hydrogens (tertiary/aromatic N) is 1. The molecule has 0 aromatic heterocycles. The van der Waals surface area contributed by atoms with Crippen molar-refractivity contribution in [3.63, 3.8) is 0 Å².